The molecule has 0 radical (unpaired) electrons. The summed E-state index contributed by atoms with van der Waals surface area (Å²) in [5.74, 6) is 1.92. The third kappa shape index (κ3) is 3.30. The van der Waals surface area contributed by atoms with Gasteiger partial charge in [-0.3, -0.25) is 0 Å². The van der Waals surface area contributed by atoms with E-state index in [2.05, 4.69) is 41.1 Å². The second kappa shape index (κ2) is 6.36. The lowest BCUT2D eigenvalue weighted by Crippen LogP contribution is -2.37. The Morgan fingerprint density at radius 1 is 1.19 bits per heavy atom. The van der Waals surface area contributed by atoms with Crippen LogP contribution in [0, 0.1) is 0 Å². The van der Waals surface area contributed by atoms with Gasteiger partial charge < -0.3 is 15.0 Å². The molecule has 2 heterocycles. The molecular formula is C14H16BrN5O. The van der Waals surface area contributed by atoms with Crippen LogP contribution in [-0.2, 0) is 4.74 Å². The van der Waals surface area contributed by atoms with Gasteiger partial charge in [0.05, 0.1) is 13.2 Å². The summed E-state index contributed by atoms with van der Waals surface area (Å²) in [6.07, 6.45) is 0. The molecule has 1 aliphatic heterocycles. The maximum Gasteiger partial charge on any atom is 0.230 e. The Morgan fingerprint density at radius 3 is 2.71 bits per heavy atom. The van der Waals surface area contributed by atoms with Crippen molar-refractivity contribution >= 4 is 27.8 Å². The van der Waals surface area contributed by atoms with Gasteiger partial charge in [0, 0.05) is 30.2 Å². The predicted molar refractivity (Wildman–Crippen MR) is 85.5 cm³/mol. The first-order valence-electron chi connectivity index (χ1n) is 6.79. The Hall–Kier alpha value is -1.73. The molecule has 0 spiro atoms. The van der Waals surface area contributed by atoms with Crippen molar-refractivity contribution in [2.45, 2.75) is 0 Å². The fourth-order valence-electron chi connectivity index (χ4n) is 2.14. The van der Waals surface area contributed by atoms with Gasteiger partial charge in [-0.25, -0.2) is 0 Å². The molecule has 1 N–H and O–H groups in total. The second-order valence-electron chi connectivity index (χ2n) is 4.64. The molecule has 0 saturated carbocycles. The molecule has 2 aromatic rings. The lowest BCUT2D eigenvalue weighted by Gasteiger charge is -2.27. The van der Waals surface area contributed by atoms with Crippen molar-refractivity contribution < 1.29 is 4.74 Å². The van der Waals surface area contributed by atoms with E-state index in [0.29, 0.717) is 30.9 Å². The van der Waals surface area contributed by atoms with Crippen molar-refractivity contribution in [2.75, 3.05) is 43.6 Å². The fourth-order valence-corrected chi connectivity index (χ4v) is 2.54. The largest absolute Gasteiger partial charge is 0.378 e. The molecule has 0 unspecified atom stereocenters. The van der Waals surface area contributed by atoms with E-state index < -0.39 is 0 Å². The monoisotopic (exact) mass is 349 g/mol. The summed E-state index contributed by atoms with van der Waals surface area (Å²) in [6.45, 7) is 3.00. The molecule has 0 atom stereocenters. The minimum Gasteiger partial charge on any atom is -0.378 e. The molecule has 3 rings (SSSR count). The molecule has 1 saturated heterocycles. The predicted octanol–water partition coefficient (Wildman–Crippen LogP) is 2.18. The number of morpholine rings is 1. The van der Waals surface area contributed by atoms with Crippen LogP contribution in [0.2, 0.25) is 0 Å². The van der Waals surface area contributed by atoms with E-state index in [1.165, 1.54) is 0 Å². The van der Waals surface area contributed by atoms with Gasteiger partial charge in [0.25, 0.3) is 0 Å². The first kappa shape index (κ1) is 14.2. The minimum absolute atomic E-state index is 0.571. The average molecular weight is 350 g/mol. The van der Waals surface area contributed by atoms with Gasteiger partial charge in [-0.2, -0.15) is 15.0 Å². The van der Waals surface area contributed by atoms with Crippen LogP contribution in [0.25, 0.3) is 11.4 Å². The SMILES string of the molecule is CNc1nc(-c2cccc(Br)c2)nc(N2CCOCC2)n1. The third-order valence-electron chi connectivity index (χ3n) is 3.22. The molecule has 0 amide bonds. The summed E-state index contributed by atoms with van der Waals surface area (Å²) < 4.78 is 6.37. The van der Waals surface area contributed by atoms with Gasteiger partial charge in [-0.05, 0) is 12.1 Å². The molecule has 1 aliphatic rings. The van der Waals surface area contributed by atoms with E-state index in [1.807, 2.05) is 31.3 Å². The first-order valence-corrected chi connectivity index (χ1v) is 7.58. The molecule has 1 aromatic heterocycles. The van der Waals surface area contributed by atoms with Crippen LogP contribution < -0.4 is 10.2 Å². The summed E-state index contributed by atoms with van der Waals surface area (Å²) in [5, 5.41) is 3.00. The van der Waals surface area contributed by atoms with Crippen LogP contribution in [0.15, 0.2) is 28.7 Å². The van der Waals surface area contributed by atoms with Gasteiger partial charge in [0.2, 0.25) is 11.9 Å². The Morgan fingerprint density at radius 2 is 2.00 bits per heavy atom. The highest BCUT2D eigenvalue weighted by Crippen LogP contribution is 2.23. The lowest BCUT2D eigenvalue weighted by molar-refractivity contribution is 0.122. The number of nitrogens with zero attached hydrogens (tertiary/aromatic N) is 4. The molecule has 7 heteroatoms. The molecule has 0 aliphatic carbocycles. The summed E-state index contributed by atoms with van der Waals surface area (Å²) in [5.41, 5.74) is 0.956. The smallest absolute Gasteiger partial charge is 0.230 e. The van der Waals surface area contributed by atoms with E-state index in [0.717, 1.165) is 23.1 Å². The van der Waals surface area contributed by atoms with Crippen LogP contribution in [0.4, 0.5) is 11.9 Å². The van der Waals surface area contributed by atoms with Crippen LogP contribution in [0.3, 0.4) is 0 Å². The Labute approximate surface area is 131 Å². The molecule has 21 heavy (non-hydrogen) atoms. The van der Waals surface area contributed by atoms with E-state index in [4.69, 9.17) is 4.74 Å². The zero-order valence-electron chi connectivity index (χ0n) is 11.7. The number of hydrogen-bond acceptors (Lipinski definition) is 6. The highest BCUT2D eigenvalue weighted by molar-refractivity contribution is 9.10. The molecule has 1 fully saturated rings. The van der Waals surface area contributed by atoms with E-state index in [-0.39, 0.29) is 0 Å². The summed E-state index contributed by atoms with van der Waals surface area (Å²) in [7, 11) is 1.81. The van der Waals surface area contributed by atoms with Gasteiger partial charge >= 0.3 is 0 Å². The maximum absolute atomic E-state index is 5.37. The number of benzene rings is 1. The van der Waals surface area contributed by atoms with E-state index in [1.54, 1.807) is 0 Å². The molecule has 0 bridgehead atoms. The van der Waals surface area contributed by atoms with Crippen molar-refractivity contribution in [2.24, 2.45) is 0 Å². The van der Waals surface area contributed by atoms with Crippen LogP contribution in [-0.4, -0.2) is 48.3 Å². The highest BCUT2D eigenvalue weighted by Gasteiger charge is 2.16. The number of ether oxygens (including phenoxy) is 1. The number of hydrogen-bond donors (Lipinski definition) is 1. The van der Waals surface area contributed by atoms with Gasteiger partial charge in [0.1, 0.15) is 0 Å². The molecule has 1 aromatic carbocycles. The molecule has 6 nitrogen and oxygen atoms in total. The first-order chi connectivity index (χ1) is 10.3. The Kier molecular flexibility index (Phi) is 4.31. The number of nitrogens with one attached hydrogen (secondary N) is 1. The van der Waals surface area contributed by atoms with Gasteiger partial charge in [0.15, 0.2) is 5.82 Å². The standard InChI is InChI=1S/C14H16BrN5O/c1-16-13-17-12(10-3-2-4-11(15)9-10)18-14(19-13)20-5-7-21-8-6-20/h2-4,9H,5-8H2,1H3,(H,16,17,18,19). The summed E-state index contributed by atoms with van der Waals surface area (Å²) >= 11 is 3.48. The maximum atomic E-state index is 5.37. The van der Waals surface area contributed by atoms with Crippen LogP contribution in [0.1, 0.15) is 0 Å². The number of aromatic nitrogens is 3. The zero-order chi connectivity index (χ0) is 14.7. The third-order valence-corrected chi connectivity index (χ3v) is 3.72. The zero-order valence-corrected chi connectivity index (χ0v) is 13.3. The second-order valence-corrected chi connectivity index (χ2v) is 5.56. The van der Waals surface area contributed by atoms with Gasteiger partial charge in [-0.1, -0.05) is 28.1 Å². The number of anilines is 2. The quantitative estimate of drug-likeness (QED) is 0.916. The van der Waals surface area contributed by atoms with Crippen molar-refractivity contribution in [1.82, 2.24) is 15.0 Å². The molecular weight excluding hydrogens is 334 g/mol. The van der Waals surface area contributed by atoms with Crippen molar-refractivity contribution in [3.05, 3.63) is 28.7 Å². The topological polar surface area (TPSA) is 63.2 Å². The Bertz CT molecular complexity index is 631. The van der Waals surface area contributed by atoms with E-state index >= 15 is 0 Å². The summed E-state index contributed by atoms with van der Waals surface area (Å²) in [4.78, 5) is 15.6. The van der Waals surface area contributed by atoms with Gasteiger partial charge in [-0.15, -0.1) is 0 Å². The fraction of sp³-hybridized carbons (Fsp3) is 0.357. The minimum atomic E-state index is 0.571. The average Bonchev–Trinajstić information content (AvgIpc) is 2.55. The van der Waals surface area contributed by atoms with Crippen LogP contribution in [0.5, 0.6) is 0 Å². The normalized spacial score (nSPS) is 15.0. The van der Waals surface area contributed by atoms with Crippen molar-refractivity contribution in [1.29, 1.82) is 0 Å². The number of rotatable bonds is 3. The highest BCUT2D eigenvalue weighted by atomic mass is 79.9. The lowest BCUT2D eigenvalue weighted by atomic mass is 10.2. The summed E-state index contributed by atoms with van der Waals surface area (Å²) in [6, 6.07) is 7.93. The van der Waals surface area contributed by atoms with Crippen LogP contribution >= 0.6 is 15.9 Å². The Balaban J connectivity index is 2.00. The van der Waals surface area contributed by atoms with Crippen molar-refractivity contribution in [3.8, 4) is 11.4 Å². The van der Waals surface area contributed by atoms with Crippen molar-refractivity contribution in [3.63, 3.8) is 0 Å². The number of halogens is 1. The molecule has 110 valence electrons. The van der Waals surface area contributed by atoms with E-state index in [9.17, 15) is 0 Å².